The Labute approximate surface area is 180 Å². The molecule has 3 aromatic rings. The van der Waals surface area contributed by atoms with Crippen LogP contribution in [0.1, 0.15) is 17.0 Å². The molecule has 2 N–H and O–H groups in total. The molecule has 142 valence electrons. The van der Waals surface area contributed by atoms with Crippen molar-refractivity contribution in [3.63, 3.8) is 0 Å². The summed E-state index contributed by atoms with van der Waals surface area (Å²) < 4.78 is 5.28. The van der Waals surface area contributed by atoms with Crippen LogP contribution < -0.4 is 10.6 Å². The van der Waals surface area contributed by atoms with Crippen LogP contribution >= 0.6 is 35.6 Å². The first-order valence-electron chi connectivity index (χ1n) is 8.22. The lowest BCUT2D eigenvalue weighted by Gasteiger charge is -2.10. The van der Waals surface area contributed by atoms with Crippen molar-refractivity contribution in [2.24, 2.45) is 4.99 Å². The molecule has 0 aliphatic heterocycles. The maximum Gasteiger partial charge on any atom is 0.246 e. The highest BCUT2D eigenvalue weighted by Crippen LogP contribution is 2.19. The summed E-state index contributed by atoms with van der Waals surface area (Å²) in [4.78, 5) is 8.57. The van der Waals surface area contributed by atoms with Crippen LogP contribution in [-0.2, 0) is 13.1 Å². The van der Waals surface area contributed by atoms with E-state index in [1.165, 1.54) is 11.1 Å². The summed E-state index contributed by atoms with van der Waals surface area (Å²) in [5, 5.41) is 11.0. The van der Waals surface area contributed by atoms with Gasteiger partial charge in [-0.1, -0.05) is 58.7 Å². The molecule has 0 unspecified atom stereocenters. The van der Waals surface area contributed by atoms with Crippen LogP contribution in [-0.4, -0.2) is 23.1 Å². The number of hydrogen-bond donors (Lipinski definition) is 2. The quantitative estimate of drug-likeness (QED) is 0.314. The van der Waals surface area contributed by atoms with Crippen molar-refractivity contribution in [2.75, 3.05) is 7.05 Å². The van der Waals surface area contributed by atoms with Gasteiger partial charge in [0.1, 0.15) is 0 Å². The largest absolute Gasteiger partial charge is 0.352 e. The third-order valence-corrected chi connectivity index (χ3v) is 4.00. The van der Waals surface area contributed by atoms with Crippen molar-refractivity contribution < 1.29 is 4.52 Å². The average molecular weight is 498 g/mol. The van der Waals surface area contributed by atoms with E-state index in [0.717, 1.165) is 5.56 Å². The topological polar surface area (TPSA) is 75.3 Å². The Kier molecular flexibility index (Phi) is 8.05. The average Bonchev–Trinajstić information content (AvgIpc) is 3.12. The molecule has 0 fully saturated rings. The van der Waals surface area contributed by atoms with Crippen LogP contribution in [0.4, 0.5) is 0 Å². The number of aliphatic imine (C=N–C) groups is 1. The molecule has 2 aromatic carbocycles. The van der Waals surface area contributed by atoms with E-state index >= 15 is 0 Å². The van der Waals surface area contributed by atoms with Gasteiger partial charge in [-0.15, -0.1) is 24.0 Å². The van der Waals surface area contributed by atoms with Crippen LogP contribution in [0, 0.1) is 6.92 Å². The third kappa shape index (κ3) is 6.21. The second kappa shape index (κ2) is 10.3. The lowest BCUT2D eigenvalue weighted by molar-refractivity contribution is 0.375. The van der Waals surface area contributed by atoms with Crippen LogP contribution in [0.2, 0.25) is 5.02 Å². The van der Waals surface area contributed by atoms with Gasteiger partial charge in [-0.05, 0) is 24.6 Å². The summed E-state index contributed by atoms with van der Waals surface area (Å²) in [7, 11) is 1.72. The van der Waals surface area contributed by atoms with Crippen molar-refractivity contribution in [3.05, 3.63) is 70.6 Å². The van der Waals surface area contributed by atoms with E-state index in [4.69, 9.17) is 16.1 Å². The van der Waals surface area contributed by atoms with Gasteiger partial charge >= 0.3 is 0 Å². The summed E-state index contributed by atoms with van der Waals surface area (Å²) in [6.45, 7) is 3.12. The van der Waals surface area contributed by atoms with Crippen LogP contribution in [0.15, 0.2) is 58.0 Å². The van der Waals surface area contributed by atoms with E-state index in [9.17, 15) is 0 Å². The van der Waals surface area contributed by atoms with E-state index in [0.29, 0.717) is 35.8 Å². The smallest absolute Gasteiger partial charge is 0.246 e. The zero-order chi connectivity index (χ0) is 18.4. The second-order valence-corrected chi connectivity index (χ2v) is 6.22. The third-order valence-electron chi connectivity index (χ3n) is 3.76. The Hall–Kier alpha value is -2.13. The Balaban J connectivity index is 0.00000261. The number of aryl methyl sites for hydroxylation is 1. The Morgan fingerprint density at radius 1 is 1.11 bits per heavy atom. The Morgan fingerprint density at radius 2 is 1.85 bits per heavy atom. The van der Waals surface area contributed by atoms with Gasteiger partial charge < -0.3 is 15.2 Å². The molecule has 0 saturated carbocycles. The number of hydrogen-bond acceptors (Lipinski definition) is 4. The van der Waals surface area contributed by atoms with Gasteiger partial charge in [0.15, 0.2) is 5.96 Å². The molecule has 0 spiro atoms. The minimum atomic E-state index is 0. The molecule has 0 bridgehead atoms. The second-order valence-electron chi connectivity index (χ2n) is 5.79. The minimum Gasteiger partial charge on any atom is -0.352 e. The fraction of sp³-hybridized carbons (Fsp3) is 0.211. The summed E-state index contributed by atoms with van der Waals surface area (Å²) >= 11 is 5.99. The highest BCUT2D eigenvalue weighted by atomic mass is 127. The first-order chi connectivity index (χ1) is 12.6. The van der Waals surface area contributed by atoms with Crippen LogP contribution in [0.5, 0.6) is 0 Å². The zero-order valence-electron chi connectivity index (χ0n) is 15.1. The molecule has 1 heterocycles. The van der Waals surface area contributed by atoms with Crippen molar-refractivity contribution in [3.8, 4) is 11.4 Å². The van der Waals surface area contributed by atoms with Crippen molar-refractivity contribution >= 4 is 41.5 Å². The van der Waals surface area contributed by atoms with Gasteiger partial charge in [0.05, 0.1) is 6.54 Å². The predicted molar refractivity (Wildman–Crippen MR) is 118 cm³/mol. The number of guanidine groups is 1. The van der Waals surface area contributed by atoms with Gasteiger partial charge in [-0.3, -0.25) is 4.99 Å². The molecule has 0 amide bonds. The normalized spacial score (nSPS) is 11.0. The monoisotopic (exact) mass is 497 g/mol. The predicted octanol–water partition coefficient (Wildman–Crippen LogP) is 4.18. The molecule has 0 atom stereocenters. The van der Waals surface area contributed by atoms with E-state index in [2.05, 4.69) is 57.0 Å². The van der Waals surface area contributed by atoms with Gasteiger partial charge in [0, 0.05) is 24.2 Å². The van der Waals surface area contributed by atoms with E-state index in [1.807, 2.05) is 12.1 Å². The number of benzene rings is 2. The fourth-order valence-electron chi connectivity index (χ4n) is 2.34. The molecule has 0 radical (unpaired) electrons. The number of rotatable bonds is 5. The molecule has 0 aliphatic carbocycles. The van der Waals surface area contributed by atoms with E-state index < -0.39 is 0 Å². The summed E-state index contributed by atoms with van der Waals surface area (Å²) in [5.74, 6) is 1.64. The molecule has 1 aromatic heterocycles. The highest BCUT2D eigenvalue weighted by Gasteiger charge is 2.09. The van der Waals surface area contributed by atoms with Crippen molar-refractivity contribution in [1.29, 1.82) is 0 Å². The van der Waals surface area contributed by atoms with Gasteiger partial charge in [0.25, 0.3) is 0 Å². The lowest BCUT2D eigenvalue weighted by atomic mass is 10.1. The first-order valence-corrected chi connectivity index (χ1v) is 8.60. The van der Waals surface area contributed by atoms with Crippen LogP contribution in [0.3, 0.4) is 0 Å². The molecule has 27 heavy (non-hydrogen) atoms. The maximum absolute atomic E-state index is 5.99. The SMILES string of the molecule is CN=C(NCc1ccc(C)cc1)NCc1nc(-c2cccc(Cl)c2)no1.I. The fourth-order valence-corrected chi connectivity index (χ4v) is 2.53. The number of aromatic nitrogens is 2. The minimum absolute atomic E-state index is 0. The van der Waals surface area contributed by atoms with Gasteiger partial charge in [0.2, 0.25) is 11.7 Å². The van der Waals surface area contributed by atoms with E-state index in [-0.39, 0.29) is 24.0 Å². The molecule has 6 nitrogen and oxygen atoms in total. The van der Waals surface area contributed by atoms with Gasteiger partial charge in [-0.2, -0.15) is 4.98 Å². The Morgan fingerprint density at radius 3 is 2.56 bits per heavy atom. The summed E-state index contributed by atoms with van der Waals surface area (Å²) in [6, 6.07) is 15.7. The van der Waals surface area contributed by atoms with E-state index in [1.54, 1.807) is 19.2 Å². The number of nitrogens with zero attached hydrogens (tertiary/aromatic N) is 3. The summed E-state index contributed by atoms with van der Waals surface area (Å²) in [5.41, 5.74) is 3.23. The zero-order valence-corrected chi connectivity index (χ0v) is 18.2. The molecular formula is C19H21ClIN5O. The molecule has 3 rings (SSSR count). The molecular weight excluding hydrogens is 477 g/mol. The molecule has 0 aliphatic rings. The standard InChI is InChI=1S/C19H20ClN5O.HI/c1-13-6-8-14(9-7-13)11-22-19(21-2)23-12-17-24-18(25-26-17)15-4-3-5-16(20)10-15;/h3-10H,11-12H2,1-2H3,(H2,21,22,23);1H. The number of nitrogens with one attached hydrogen (secondary N) is 2. The maximum atomic E-state index is 5.99. The van der Waals surface area contributed by atoms with Crippen molar-refractivity contribution in [1.82, 2.24) is 20.8 Å². The summed E-state index contributed by atoms with van der Waals surface area (Å²) in [6.07, 6.45) is 0. The first kappa shape index (κ1) is 21.2. The van der Waals surface area contributed by atoms with Crippen LogP contribution in [0.25, 0.3) is 11.4 Å². The van der Waals surface area contributed by atoms with Gasteiger partial charge in [-0.25, -0.2) is 0 Å². The Bertz CT molecular complexity index is 895. The molecule has 8 heteroatoms. The van der Waals surface area contributed by atoms with Crippen molar-refractivity contribution in [2.45, 2.75) is 20.0 Å². The number of halogens is 2. The lowest BCUT2D eigenvalue weighted by Crippen LogP contribution is -2.36. The molecule has 0 saturated heterocycles. The highest BCUT2D eigenvalue weighted by molar-refractivity contribution is 14.0.